The van der Waals surface area contributed by atoms with Crippen LogP contribution < -0.4 is 10.6 Å². The van der Waals surface area contributed by atoms with Crippen LogP contribution in [0, 0.1) is 0 Å². The van der Waals surface area contributed by atoms with Crippen LogP contribution in [0.4, 0.5) is 11.4 Å². The number of aromatic nitrogens is 2. The number of carbonyl (C=O) groups is 2. The van der Waals surface area contributed by atoms with E-state index in [0.717, 1.165) is 0 Å². The van der Waals surface area contributed by atoms with Gasteiger partial charge in [0.2, 0.25) is 5.91 Å². The Bertz CT molecular complexity index is 643. The fraction of sp³-hybridized carbons (Fsp3) is 0.0769. The Hall–Kier alpha value is -2.47. The van der Waals surface area contributed by atoms with Gasteiger partial charge in [-0.15, -0.1) is 10.2 Å². The van der Waals surface area contributed by atoms with Gasteiger partial charge in [0.1, 0.15) is 0 Å². The Labute approximate surface area is 120 Å². The molecule has 0 unspecified atom stereocenters. The molecule has 0 saturated heterocycles. The Kier molecular flexibility index (Phi) is 4.27. The van der Waals surface area contributed by atoms with Crippen molar-refractivity contribution in [3.8, 4) is 0 Å². The molecule has 0 atom stereocenters. The van der Waals surface area contributed by atoms with Crippen LogP contribution in [-0.2, 0) is 4.79 Å². The number of benzene rings is 1. The molecular weight excluding hydrogens is 280 g/mol. The van der Waals surface area contributed by atoms with Crippen LogP contribution in [-0.4, -0.2) is 22.0 Å². The van der Waals surface area contributed by atoms with E-state index >= 15 is 0 Å². The lowest BCUT2D eigenvalue weighted by atomic mass is 10.2. The maximum absolute atomic E-state index is 11.9. The molecule has 0 bridgehead atoms. The number of anilines is 2. The highest BCUT2D eigenvalue weighted by atomic mass is 35.5. The molecule has 2 amide bonds. The first kappa shape index (κ1) is 14.0. The van der Waals surface area contributed by atoms with Crippen molar-refractivity contribution in [2.45, 2.75) is 6.92 Å². The van der Waals surface area contributed by atoms with E-state index in [2.05, 4.69) is 20.8 Å². The van der Waals surface area contributed by atoms with Gasteiger partial charge in [-0.1, -0.05) is 17.7 Å². The average Bonchev–Trinajstić information content (AvgIpc) is 2.39. The van der Waals surface area contributed by atoms with Crippen molar-refractivity contribution in [2.75, 3.05) is 10.6 Å². The molecule has 7 heteroatoms. The highest BCUT2D eigenvalue weighted by Gasteiger charge is 2.08. The van der Waals surface area contributed by atoms with Gasteiger partial charge in [-0.3, -0.25) is 9.59 Å². The quantitative estimate of drug-likeness (QED) is 0.909. The minimum atomic E-state index is -0.408. The van der Waals surface area contributed by atoms with Crippen LogP contribution in [0.5, 0.6) is 0 Å². The molecule has 0 aliphatic rings. The second kappa shape index (κ2) is 6.12. The molecule has 0 spiro atoms. The normalized spacial score (nSPS) is 9.90. The third-order valence-electron chi connectivity index (χ3n) is 2.31. The van der Waals surface area contributed by atoms with Crippen molar-refractivity contribution < 1.29 is 9.59 Å². The van der Waals surface area contributed by atoms with Crippen LogP contribution >= 0.6 is 11.6 Å². The second-order valence-electron chi connectivity index (χ2n) is 3.96. The van der Waals surface area contributed by atoms with E-state index in [4.69, 9.17) is 11.6 Å². The summed E-state index contributed by atoms with van der Waals surface area (Å²) in [6.45, 7) is 1.41. The van der Waals surface area contributed by atoms with Gasteiger partial charge < -0.3 is 10.6 Å². The molecule has 1 aromatic heterocycles. The summed E-state index contributed by atoms with van der Waals surface area (Å²) in [6, 6.07) is 9.74. The molecule has 0 aliphatic heterocycles. The molecule has 0 saturated carbocycles. The SMILES string of the molecule is CC(=O)Nc1cccc(NC(=O)c2ccc(Cl)nn2)c1. The number of nitrogens with zero attached hydrogens (tertiary/aromatic N) is 2. The van der Waals surface area contributed by atoms with Crippen molar-refractivity contribution in [3.63, 3.8) is 0 Å². The summed E-state index contributed by atoms with van der Waals surface area (Å²) in [7, 11) is 0. The molecule has 6 nitrogen and oxygen atoms in total. The summed E-state index contributed by atoms with van der Waals surface area (Å²) in [5.41, 5.74) is 1.29. The zero-order valence-electron chi connectivity index (χ0n) is 10.6. The molecule has 20 heavy (non-hydrogen) atoms. The van der Waals surface area contributed by atoms with Crippen molar-refractivity contribution in [2.24, 2.45) is 0 Å². The Morgan fingerprint density at radius 1 is 1.05 bits per heavy atom. The smallest absolute Gasteiger partial charge is 0.276 e. The van der Waals surface area contributed by atoms with Gasteiger partial charge in [0.15, 0.2) is 10.8 Å². The van der Waals surface area contributed by atoms with E-state index in [0.29, 0.717) is 11.4 Å². The van der Waals surface area contributed by atoms with Crippen LogP contribution in [0.25, 0.3) is 0 Å². The number of nitrogens with one attached hydrogen (secondary N) is 2. The molecule has 2 rings (SSSR count). The molecule has 0 fully saturated rings. The van der Waals surface area contributed by atoms with Gasteiger partial charge in [-0.25, -0.2) is 0 Å². The number of amides is 2. The van der Waals surface area contributed by atoms with Crippen LogP contribution in [0.1, 0.15) is 17.4 Å². The highest BCUT2D eigenvalue weighted by Crippen LogP contribution is 2.15. The summed E-state index contributed by atoms with van der Waals surface area (Å²) in [5, 5.41) is 12.8. The molecule has 1 heterocycles. The Balaban J connectivity index is 2.11. The van der Waals surface area contributed by atoms with Crippen molar-refractivity contribution in [1.29, 1.82) is 0 Å². The number of hydrogen-bond donors (Lipinski definition) is 2. The van der Waals surface area contributed by atoms with Gasteiger partial charge >= 0.3 is 0 Å². The van der Waals surface area contributed by atoms with E-state index in [1.165, 1.54) is 19.1 Å². The van der Waals surface area contributed by atoms with Crippen LogP contribution in [0.15, 0.2) is 36.4 Å². The predicted octanol–water partition coefficient (Wildman–Crippen LogP) is 2.34. The van der Waals surface area contributed by atoms with Gasteiger partial charge in [-0.2, -0.15) is 0 Å². The fourth-order valence-corrected chi connectivity index (χ4v) is 1.61. The highest BCUT2D eigenvalue weighted by molar-refractivity contribution is 6.29. The molecule has 102 valence electrons. The molecule has 0 radical (unpaired) electrons. The van der Waals surface area contributed by atoms with Gasteiger partial charge in [-0.05, 0) is 30.3 Å². The van der Waals surface area contributed by atoms with E-state index in [1.54, 1.807) is 24.3 Å². The second-order valence-corrected chi connectivity index (χ2v) is 4.34. The zero-order chi connectivity index (χ0) is 14.5. The average molecular weight is 291 g/mol. The van der Waals surface area contributed by atoms with E-state index in [1.807, 2.05) is 0 Å². The number of rotatable bonds is 3. The molecule has 2 aromatic rings. The lowest BCUT2D eigenvalue weighted by molar-refractivity contribution is -0.114. The van der Waals surface area contributed by atoms with Crippen LogP contribution in [0.3, 0.4) is 0 Å². The Morgan fingerprint density at radius 3 is 2.35 bits per heavy atom. The van der Waals surface area contributed by atoms with E-state index < -0.39 is 5.91 Å². The van der Waals surface area contributed by atoms with Crippen molar-refractivity contribution in [1.82, 2.24) is 10.2 Å². The zero-order valence-corrected chi connectivity index (χ0v) is 11.3. The first-order chi connectivity index (χ1) is 9.54. The standard InChI is InChI=1S/C13H11ClN4O2/c1-8(19)15-9-3-2-4-10(7-9)16-13(20)11-5-6-12(14)18-17-11/h2-7H,1H3,(H,15,19)(H,16,20). The van der Waals surface area contributed by atoms with Crippen molar-refractivity contribution in [3.05, 3.63) is 47.2 Å². The largest absolute Gasteiger partial charge is 0.326 e. The van der Waals surface area contributed by atoms with Crippen LogP contribution in [0.2, 0.25) is 5.15 Å². The molecule has 2 N–H and O–H groups in total. The van der Waals surface area contributed by atoms with Gasteiger partial charge in [0.25, 0.3) is 5.91 Å². The minimum Gasteiger partial charge on any atom is -0.326 e. The minimum absolute atomic E-state index is 0.152. The van der Waals surface area contributed by atoms with E-state index in [-0.39, 0.29) is 16.8 Å². The van der Waals surface area contributed by atoms with Gasteiger partial charge in [0, 0.05) is 18.3 Å². The lowest BCUT2D eigenvalue weighted by Gasteiger charge is -2.07. The maximum Gasteiger partial charge on any atom is 0.276 e. The van der Waals surface area contributed by atoms with E-state index in [9.17, 15) is 9.59 Å². The first-order valence-electron chi connectivity index (χ1n) is 5.73. The lowest BCUT2D eigenvalue weighted by Crippen LogP contribution is -2.14. The third-order valence-corrected chi connectivity index (χ3v) is 2.51. The predicted molar refractivity (Wildman–Crippen MR) is 75.7 cm³/mol. The topological polar surface area (TPSA) is 84.0 Å². The summed E-state index contributed by atoms with van der Waals surface area (Å²) in [4.78, 5) is 22.9. The molecule has 0 aliphatic carbocycles. The number of halogens is 1. The fourth-order valence-electron chi connectivity index (χ4n) is 1.51. The molecular formula is C13H11ClN4O2. The summed E-state index contributed by atoms with van der Waals surface area (Å²) < 4.78 is 0. The number of carbonyl (C=O) groups excluding carboxylic acids is 2. The summed E-state index contributed by atoms with van der Waals surface area (Å²) in [6.07, 6.45) is 0. The van der Waals surface area contributed by atoms with Gasteiger partial charge in [0.05, 0.1) is 0 Å². The monoisotopic (exact) mass is 290 g/mol. The number of hydrogen-bond acceptors (Lipinski definition) is 4. The summed E-state index contributed by atoms with van der Waals surface area (Å²) in [5.74, 6) is -0.591. The third kappa shape index (κ3) is 3.76. The summed E-state index contributed by atoms with van der Waals surface area (Å²) >= 11 is 5.60. The maximum atomic E-state index is 11.9. The first-order valence-corrected chi connectivity index (χ1v) is 6.10. The Morgan fingerprint density at radius 2 is 1.75 bits per heavy atom. The molecule has 1 aromatic carbocycles. The van der Waals surface area contributed by atoms with Crippen molar-refractivity contribution >= 4 is 34.8 Å².